The fourth-order valence-corrected chi connectivity index (χ4v) is 3.91. The zero-order chi connectivity index (χ0) is 14.2. The molecule has 0 spiro atoms. The maximum Gasteiger partial charge on any atom is 0.301 e. The monoisotopic (exact) mass is 291 g/mol. The van der Waals surface area contributed by atoms with E-state index >= 15 is 0 Å². The minimum atomic E-state index is -3.47. The third-order valence-electron chi connectivity index (χ3n) is 3.65. The van der Waals surface area contributed by atoms with Gasteiger partial charge in [-0.1, -0.05) is 19.1 Å². The molecule has 1 aliphatic rings. The van der Waals surface area contributed by atoms with Gasteiger partial charge in [0, 0.05) is 36.3 Å². The van der Waals surface area contributed by atoms with Crippen molar-refractivity contribution >= 4 is 26.7 Å². The summed E-state index contributed by atoms with van der Waals surface area (Å²) < 4.78 is 29.0. The second-order valence-electron chi connectivity index (χ2n) is 5.26. The van der Waals surface area contributed by atoms with Crippen molar-refractivity contribution in [2.24, 2.45) is 5.92 Å². The lowest BCUT2D eigenvalue weighted by atomic mass is 10.1. The molecule has 1 aromatic carbocycles. The lowest BCUT2D eigenvalue weighted by Gasteiger charge is -2.18. The van der Waals surface area contributed by atoms with Crippen LogP contribution in [-0.2, 0) is 10.2 Å². The average molecular weight is 291 g/mol. The number of hydrogen-bond donors (Lipinski definition) is 1. The Kier molecular flexibility index (Phi) is 3.35. The van der Waals surface area contributed by atoms with Gasteiger partial charge in [0.1, 0.15) is 0 Å². The summed E-state index contributed by atoms with van der Waals surface area (Å²) in [6.07, 6.45) is 4.31. The van der Waals surface area contributed by atoms with Crippen LogP contribution in [0, 0.1) is 5.92 Å². The van der Waals surface area contributed by atoms with E-state index in [-0.39, 0.29) is 0 Å². The van der Waals surface area contributed by atoms with Crippen LogP contribution in [0.1, 0.15) is 13.3 Å². The van der Waals surface area contributed by atoms with Crippen molar-refractivity contribution in [2.45, 2.75) is 13.3 Å². The Labute approximate surface area is 118 Å². The third kappa shape index (κ3) is 2.48. The van der Waals surface area contributed by atoms with E-state index in [2.05, 4.69) is 16.6 Å². The molecule has 106 valence electrons. The first-order valence-corrected chi connectivity index (χ1v) is 8.11. The predicted molar refractivity (Wildman–Crippen MR) is 79.6 cm³/mol. The second kappa shape index (κ2) is 5.03. The molecule has 0 amide bonds. The Hall–Kier alpha value is -1.66. The van der Waals surface area contributed by atoms with Crippen molar-refractivity contribution < 1.29 is 8.42 Å². The van der Waals surface area contributed by atoms with Crippen LogP contribution in [0.3, 0.4) is 0 Å². The molecule has 1 aliphatic heterocycles. The number of anilines is 1. The smallest absolute Gasteiger partial charge is 0.270 e. The number of hydrogen-bond acceptors (Lipinski definition) is 3. The minimum Gasteiger partial charge on any atom is -0.270 e. The molecule has 1 N–H and O–H groups in total. The van der Waals surface area contributed by atoms with Crippen LogP contribution in [0.5, 0.6) is 0 Å². The SMILES string of the molecule is CC1CCN(S(=O)(=O)Nc2cccc3cnccc23)C1. The number of pyridine rings is 1. The van der Waals surface area contributed by atoms with Crippen molar-refractivity contribution in [1.29, 1.82) is 0 Å². The van der Waals surface area contributed by atoms with E-state index in [0.717, 1.165) is 17.2 Å². The summed E-state index contributed by atoms with van der Waals surface area (Å²) in [6, 6.07) is 7.34. The van der Waals surface area contributed by atoms with Crippen LogP contribution >= 0.6 is 0 Å². The highest BCUT2D eigenvalue weighted by Gasteiger charge is 2.29. The third-order valence-corrected chi connectivity index (χ3v) is 5.14. The van der Waals surface area contributed by atoms with Gasteiger partial charge in [0.2, 0.25) is 0 Å². The summed E-state index contributed by atoms with van der Waals surface area (Å²) in [5.74, 6) is 0.420. The zero-order valence-electron chi connectivity index (χ0n) is 11.3. The van der Waals surface area contributed by atoms with Gasteiger partial charge in [0.25, 0.3) is 0 Å². The highest BCUT2D eigenvalue weighted by molar-refractivity contribution is 7.90. The number of benzene rings is 1. The molecule has 3 rings (SSSR count). The fraction of sp³-hybridized carbons (Fsp3) is 0.357. The van der Waals surface area contributed by atoms with E-state index in [1.807, 2.05) is 18.2 Å². The minimum absolute atomic E-state index is 0.420. The van der Waals surface area contributed by atoms with Crippen molar-refractivity contribution in [1.82, 2.24) is 9.29 Å². The van der Waals surface area contributed by atoms with Gasteiger partial charge in [-0.05, 0) is 24.5 Å². The molecule has 0 aliphatic carbocycles. The molecule has 1 saturated heterocycles. The molecule has 5 nitrogen and oxygen atoms in total. The average Bonchev–Trinajstić information content (AvgIpc) is 2.86. The Morgan fingerprint density at radius 3 is 2.95 bits per heavy atom. The standard InChI is InChI=1S/C14H17N3O2S/c1-11-6-8-17(10-11)20(18,19)16-14-4-2-3-12-9-15-7-5-13(12)14/h2-5,7,9,11,16H,6,8,10H2,1H3. The van der Waals surface area contributed by atoms with Crippen molar-refractivity contribution in [3.63, 3.8) is 0 Å². The van der Waals surface area contributed by atoms with E-state index in [1.54, 1.807) is 18.5 Å². The van der Waals surface area contributed by atoms with Crippen LogP contribution in [0.25, 0.3) is 10.8 Å². The van der Waals surface area contributed by atoms with Crippen molar-refractivity contribution in [3.05, 3.63) is 36.7 Å². The number of nitrogens with zero attached hydrogens (tertiary/aromatic N) is 2. The summed E-state index contributed by atoms with van der Waals surface area (Å²) in [6.45, 7) is 3.24. The molecule has 1 unspecified atom stereocenters. The first-order chi connectivity index (χ1) is 9.56. The first kappa shape index (κ1) is 13.3. The van der Waals surface area contributed by atoms with E-state index in [4.69, 9.17) is 0 Å². The number of fused-ring (bicyclic) bond motifs is 1. The normalized spacial score (nSPS) is 20.4. The van der Waals surface area contributed by atoms with E-state index in [9.17, 15) is 8.42 Å². The molecule has 0 radical (unpaired) electrons. The molecule has 1 fully saturated rings. The van der Waals surface area contributed by atoms with Crippen LogP contribution in [-0.4, -0.2) is 30.8 Å². The van der Waals surface area contributed by atoms with Gasteiger partial charge < -0.3 is 0 Å². The molecule has 20 heavy (non-hydrogen) atoms. The summed E-state index contributed by atoms with van der Waals surface area (Å²) in [5.41, 5.74) is 0.601. The fourth-order valence-electron chi connectivity index (χ4n) is 2.53. The highest BCUT2D eigenvalue weighted by Crippen LogP contribution is 2.25. The summed E-state index contributed by atoms with van der Waals surface area (Å²) in [5, 5.41) is 1.78. The Morgan fingerprint density at radius 1 is 1.35 bits per heavy atom. The van der Waals surface area contributed by atoms with Crippen molar-refractivity contribution in [2.75, 3.05) is 17.8 Å². The van der Waals surface area contributed by atoms with Gasteiger partial charge in [-0.25, -0.2) is 0 Å². The first-order valence-electron chi connectivity index (χ1n) is 6.67. The number of aromatic nitrogens is 1. The van der Waals surface area contributed by atoms with Gasteiger partial charge in [0.15, 0.2) is 0 Å². The quantitative estimate of drug-likeness (QED) is 0.943. The van der Waals surface area contributed by atoms with E-state index in [0.29, 0.717) is 24.7 Å². The van der Waals surface area contributed by atoms with Gasteiger partial charge in [-0.2, -0.15) is 12.7 Å². The Balaban J connectivity index is 1.93. The lowest BCUT2D eigenvalue weighted by Crippen LogP contribution is -2.34. The van der Waals surface area contributed by atoms with Gasteiger partial charge in [-0.15, -0.1) is 0 Å². The molecule has 0 bridgehead atoms. The predicted octanol–water partition coefficient (Wildman–Crippen LogP) is 2.23. The second-order valence-corrected chi connectivity index (χ2v) is 6.93. The van der Waals surface area contributed by atoms with Crippen LogP contribution in [0.4, 0.5) is 5.69 Å². The van der Waals surface area contributed by atoms with E-state index < -0.39 is 10.2 Å². The largest absolute Gasteiger partial charge is 0.301 e. The molecule has 2 heterocycles. The lowest BCUT2D eigenvalue weighted by molar-refractivity contribution is 0.469. The van der Waals surface area contributed by atoms with Crippen molar-refractivity contribution in [3.8, 4) is 0 Å². The molecule has 6 heteroatoms. The summed E-state index contributed by atoms with van der Waals surface area (Å²) >= 11 is 0. The van der Waals surface area contributed by atoms with Crippen LogP contribution in [0.2, 0.25) is 0 Å². The number of nitrogens with one attached hydrogen (secondary N) is 1. The molecule has 0 saturated carbocycles. The maximum atomic E-state index is 12.4. The Morgan fingerprint density at radius 2 is 2.20 bits per heavy atom. The van der Waals surface area contributed by atoms with Gasteiger partial charge in [-0.3, -0.25) is 9.71 Å². The highest BCUT2D eigenvalue weighted by atomic mass is 32.2. The molecule has 1 aromatic heterocycles. The van der Waals surface area contributed by atoms with Crippen LogP contribution in [0.15, 0.2) is 36.7 Å². The molecular weight excluding hydrogens is 274 g/mol. The zero-order valence-corrected chi connectivity index (χ0v) is 12.1. The summed E-state index contributed by atoms with van der Waals surface area (Å²) in [7, 11) is -3.47. The summed E-state index contributed by atoms with van der Waals surface area (Å²) in [4.78, 5) is 4.05. The van der Waals surface area contributed by atoms with E-state index in [1.165, 1.54) is 4.31 Å². The molecule has 2 aromatic rings. The van der Waals surface area contributed by atoms with Gasteiger partial charge in [0.05, 0.1) is 5.69 Å². The van der Waals surface area contributed by atoms with Crippen LogP contribution < -0.4 is 4.72 Å². The topological polar surface area (TPSA) is 62.3 Å². The Bertz CT molecular complexity index is 725. The van der Waals surface area contributed by atoms with Gasteiger partial charge >= 0.3 is 10.2 Å². The number of rotatable bonds is 3. The molecular formula is C14H17N3O2S. The maximum absolute atomic E-state index is 12.4. The molecule has 1 atom stereocenters.